The van der Waals surface area contributed by atoms with Gasteiger partial charge in [-0.3, -0.25) is 5.10 Å². The molecule has 1 aromatic carbocycles. The maximum atomic E-state index is 12.2. The van der Waals surface area contributed by atoms with Crippen molar-refractivity contribution in [3.05, 3.63) is 35.2 Å². The van der Waals surface area contributed by atoms with Crippen molar-refractivity contribution in [3.8, 4) is 0 Å². The topological polar surface area (TPSA) is 64.6 Å². The standard InChI is InChI=1S/C11H13N3OS/c1-7-4-8(2)10(9(3)5-7)16(15)11-12-6-13-14-11/h4-6H,1-3H3,(H,12,13,14). The molecule has 2 rings (SSSR count). The summed E-state index contributed by atoms with van der Waals surface area (Å²) in [4.78, 5) is 4.74. The Morgan fingerprint density at radius 3 is 2.31 bits per heavy atom. The van der Waals surface area contributed by atoms with Crippen LogP contribution in [0.25, 0.3) is 0 Å². The van der Waals surface area contributed by atoms with Crippen molar-refractivity contribution in [2.24, 2.45) is 0 Å². The van der Waals surface area contributed by atoms with Gasteiger partial charge in [0.05, 0.1) is 11.2 Å². The fraction of sp³-hybridized carbons (Fsp3) is 0.273. The lowest BCUT2D eigenvalue weighted by Gasteiger charge is -2.11. The average molecular weight is 235 g/mol. The quantitative estimate of drug-likeness (QED) is 0.808. The molecule has 5 heteroatoms. The second-order valence-electron chi connectivity index (χ2n) is 3.78. The number of hydrogen-bond donors (Lipinski definition) is 1. The highest BCUT2D eigenvalue weighted by molar-refractivity contribution is 7.91. The molecule has 1 heterocycles. The first kappa shape index (κ1) is 11.2. The Labute approximate surface area is 97.3 Å². The van der Waals surface area contributed by atoms with Crippen LogP contribution in [0.2, 0.25) is 0 Å². The molecular weight excluding hydrogens is 222 g/mol. The van der Waals surface area contributed by atoms with Gasteiger partial charge in [-0.25, -0.2) is 0 Å². The monoisotopic (exact) mass is 235 g/mol. The van der Waals surface area contributed by atoms with E-state index in [0.29, 0.717) is 5.16 Å². The fourth-order valence-electron chi connectivity index (χ4n) is 1.84. The number of aromatic amines is 1. The molecule has 0 bridgehead atoms. The SMILES string of the molecule is Cc1cc(C)c([S+]([O-])c2nc[nH]n2)c(C)c1. The molecule has 0 amide bonds. The van der Waals surface area contributed by atoms with Crippen LogP contribution < -0.4 is 0 Å². The van der Waals surface area contributed by atoms with E-state index in [1.165, 1.54) is 11.9 Å². The summed E-state index contributed by atoms with van der Waals surface area (Å²) in [6.45, 7) is 5.94. The molecule has 0 radical (unpaired) electrons. The number of benzene rings is 1. The van der Waals surface area contributed by atoms with E-state index in [9.17, 15) is 4.55 Å². The Balaban J connectivity index is 2.48. The van der Waals surface area contributed by atoms with Crippen LogP contribution in [0.15, 0.2) is 28.5 Å². The van der Waals surface area contributed by atoms with E-state index in [4.69, 9.17) is 0 Å². The van der Waals surface area contributed by atoms with Gasteiger partial charge in [0.2, 0.25) is 0 Å². The third-order valence-electron chi connectivity index (χ3n) is 2.35. The van der Waals surface area contributed by atoms with Crippen molar-refractivity contribution >= 4 is 11.2 Å². The molecule has 1 atom stereocenters. The predicted octanol–water partition coefficient (Wildman–Crippen LogP) is 1.90. The molecule has 4 nitrogen and oxygen atoms in total. The summed E-state index contributed by atoms with van der Waals surface area (Å²) in [5.41, 5.74) is 3.20. The number of aryl methyl sites for hydroxylation is 3. The van der Waals surface area contributed by atoms with Crippen LogP contribution in [0.4, 0.5) is 0 Å². The Morgan fingerprint density at radius 1 is 1.19 bits per heavy atom. The summed E-state index contributed by atoms with van der Waals surface area (Å²) in [5.74, 6) is 0. The van der Waals surface area contributed by atoms with Crippen LogP contribution >= 0.6 is 0 Å². The van der Waals surface area contributed by atoms with Gasteiger partial charge in [-0.05, 0) is 20.8 Å². The van der Waals surface area contributed by atoms with Gasteiger partial charge < -0.3 is 4.55 Å². The zero-order valence-corrected chi connectivity index (χ0v) is 10.3. The molecular formula is C11H13N3OS. The molecule has 2 aromatic rings. The normalized spacial score (nSPS) is 12.8. The molecule has 0 spiro atoms. The smallest absolute Gasteiger partial charge is 0.366 e. The van der Waals surface area contributed by atoms with Crippen molar-refractivity contribution in [1.29, 1.82) is 0 Å². The van der Waals surface area contributed by atoms with E-state index in [1.54, 1.807) is 0 Å². The lowest BCUT2D eigenvalue weighted by Crippen LogP contribution is -2.08. The number of rotatable bonds is 2. The van der Waals surface area contributed by atoms with E-state index < -0.39 is 11.2 Å². The minimum Gasteiger partial charge on any atom is -0.604 e. The maximum Gasteiger partial charge on any atom is 0.366 e. The molecule has 1 unspecified atom stereocenters. The molecule has 0 saturated carbocycles. The summed E-state index contributed by atoms with van der Waals surface area (Å²) in [6.07, 6.45) is 1.44. The number of nitrogens with one attached hydrogen (secondary N) is 1. The lowest BCUT2D eigenvalue weighted by atomic mass is 10.1. The van der Waals surface area contributed by atoms with Gasteiger partial charge in [0.1, 0.15) is 6.33 Å². The molecule has 0 aliphatic heterocycles. The van der Waals surface area contributed by atoms with Crippen molar-refractivity contribution < 1.29 is 4.55 Å². The number of aromatic nitrogens is 3. The lowest BCUT2D eigenvalue weighted by molar-refractivity contribution is 0.585. The van der Waals surface area contributed by atoms with Gasteiger partial charge in [-0.2, -0.15) is 4.98 Å². The molecule has 84 valence electrons. The van der Waals surface area contributed by atoms with Crippen LogP contribution in [0.1, 0.15) is 16.7 Å². The van der Waals surface area contributed by atoms with Gasteiger partial charge in [0.25, 0.3) is 0 Å². The zero-order chi connectivity index (χ0) is 11.7. The van der Waals surface area contributed by atoms with Crippen LogP contribution in [0, 0.1) is 20.8 Å². The fourth-order valence-corrected chi connectivity index (χ4v) is 3.01. The highest BCUT2D eigenvalue weighted by atomic mass is 32.2. The van der Waals surface area contributed by atoms with Gasteiger partial charge >= 0.3 is 5.16 Å². The first-order valence-corrected chi connectivity index (χ1v) is 6.10. The molecule has 0 aliphatic carbocycles. The summed E-state index contributed by atoms with van der Waals surface area (Å²) < 4.78 is 12.2. The molecule has 0 aliphatic rings. The number of H-pyrrole nitrogens is 1. The third kappa shape index (κ3) is 1.96. The summed E-state index contributed by atoms with van der Waals surface area (Å²) in [6, 6.07) is 4.04. The molecule has 0 saturated heterocycles. The molecule has 1 N–H and O–H groups in total. The minimum absolute atomic E-state index is 0.329. The maximum absolute atomic E-state index is 12.2. The van der Waals surface area contributed by atoms with Gasteiger partial charge in [0, 0.05) is 11.1 Å². The van der Waals surface area contributed by atoms with Crippen LogP contribution in [0.5, 0.6) is 0 Å². The zero-order valence-electron chi connectivity index (χ0n) is 9.44. The van der Waals surface area contributed by atoms with E-state index in [2.05, 4.69) is 15.2 Å². The summed E-state index contributed by atoms with van der Waals surface area (Å²) >= 11 is -1.30. The van der Waals surface area contributed by atoms with E-state index >= 15 is 0 Å². The molecule has 16 heavy (non-hydrogen) atoms. The second-order valence-corrected chi connectivity index (χ2v) is 5.09. The van der Waals surface area contributed by atoms with E-state index in [-0.39, 0.29) is 0 Å². The highest BCUT2D eigenvalue weighted by Gasteiger charge is 2.23. The third-order valence-corrected chi connectivity index (χ3v) is 3.89. The second kappa shape index (κ2) is 4.27. The molecule has 0 fully saturated rings. The largest absolute Gasteiger partial charge is 0.604 e. The average Bonchev–Trinajstić information content (AvgIpc) is 2.67. The van der Waals surface area contributed by atoms with Crippen LogP contribution in [-0.2, 0) is 11.2 Å². The van der Waals surface area contributed by atoms with Crippen LogP contribution in [0.3, 0.4) is 0 Å². The molecule has 1 aromatic heterocycles. The predicted molar refractivity (Wildman–Crippen MR) is 61.7 cm³/mol. The number of hydrogen-bond acceptors (Lipinski definition) is 3. The van der Waals surface area contributed by atoms with Crippen molar-refractivity contribution in [2.75, 3.05) is 0 Å². The Bertz CT molecular complexity index is 473. The minimum atomic E-state index is -1.30. The van der Waals surface area contributed by atoms with E-state index in [1.807, 2.05) is 32.9 Å². The van der Waals surface area contributed by atoms with E-state index in [0.717, 1.165) is 16.0 Å². The first-order valence-electron chi connectivity index (χ1n) is 4.95. The summed E-state index contributed by atoms with van der Waals surface area (Å²) in [5, 5.41) is 6.77. The van der Waals surface area contributed by atoms with Crippen molar-refractivity contribution in [2.45, 2.75) is 30.8 Å². The van der Waals surface area contributed by atoms with Gasteiger partial charge in [-0.15, -0.1) is 5.10 Å². The van der Waals surface area contributed by atoms with Gasteiger partial charge in [0.15, 0.2) is 4.90 Å². The number of nitrogens with zero attached hydrogens (tertiary/aromatic N) is 2. The van der Waals surface area contributed by atoms with Crippen molar-refractivity contribution in [1.82, 2.24) is 15.2 Å². The van der Waals surface area contributed by atoms with Crippen LogP contribution in [-0.4, -0.2) is 19.7 Å². The Morgan fingerprint density at radius 2 is 1.81 bits per heavy atom. The summed E-state index contributed by atoms with van der Waals surface area (Å²) in [7, 11) is 0. The Kier molecular flexibility index (Phi) is 2.98. The first-order chi connectivity index (χ1) is 7.59. The van der Waals surface area contributed by atoms with Gasteiger partial charge in [-0.1, -0.05) is 17.7 Å². The Hall–Kier alpha value is -1.33. The van der Waals surface area contributed by atoms with Crippen molar-refractivity contribution in [3.63, 3.8) is 0 Å². The highest BCUT2D eigenvalue weighted by Crippen LogP contribution is 2.25.